The summed E-state index contributed by atoms with van der Waals surface area (Å²) < 4.78 is 47.1. The Morgan fingerprint density at radius 1 is 1.21 bits per heavy atom. The van der Waals surface area contributed by atoms with Crippen LogP contribution in [-0.4, -0.2) is 96.4 Å². The highest BCUT2D eigenvalue weighted by Crippen LogP contribution is 2.44. The molecule has 2 aromatic rings. The molecule has 13 heteroatoms. The van der Waals surface area contributed by atoms with Crippen LogP contribution in [-0.2, 0) is 10.0 Å². The van der Waals surface area contributed by atoms with Gasteiger partial charge in [0.15, 0.2) is 5.82 Å². The number of hydrogen-bond acceptors (Lipinski definition) is 9. The van der Waals surface area contributed by atoms with Crippen molar-refractivity contribution in [2.75, 3.05) is 49.9 Å². The molecule has 3 heterocycles. The van der Waals surface area contributed by atoms with E-state index in [1.54, 1.807) is 11.8 Å². The van der Waals surface area contributed by atoms with Crippen LogP contribution in [0.5, 0.6) is 11.6 Å². The predicted molar refractivity (Wildman–Crippen MR) is 162 cm³/mol. The summed E-state index contributed by atoms with van der Waals surface area (Å²) in [6.07, 6.45) is 6.33. The molecule has 0 unspecified atom stereocenters. The summed E-state index contributed by atoms with van der Waals surface area (Å²) in [6.45, 7) is 12.6. The van der Waals surface area contributed by atoms with E-state index in [4.69, 9.17) is 4.74 Å². The molecule has 0 radical (unpaired) electrons. The highest BCUT2D eigenvalue weighted by Gasteiger charge is 2.46. The zero-order valence-electron chi connectivity index (χ0n) is 25.6. The van der Waals surface area contributed by atoms with E-state index >= 15 is 0 Å². The summed E-state index contributed by atoms with van der Waals surface area (Å²) in [5.74, 6) is 0.724. The first kappa shape index (κ1) is 31.5. The van der Waals surface area contributed by atoms with Crippen LogP contribution >= 0.6 is 0 Å². The van der Waals surface area contributed by atoms with Crippen LogP contribution < -0.4 is 14.4 Å². The van der Waals surface area contributed by atoms with Gasteiger partial charge in [0.25, 0.3) is 11.8 Å². The minimum Gasteiger partial charge on any atom is -0.434 e. The molecule has 3 aliphatic rings. The summed E-state index contributed by atoms with van der Waals surface area (Å²) in [5.41, 5.74) is 0.451. The molecule has 1 aliphatic carbocycles. The van der Waals surface area contributed by atoms with Crippen LogP contribution in [0.3, 0.4) is 0 Å². The fraction of sp³-hybridized carbons (Fsp3) is 0.667. The van der Waals surface area contributed by atoms with Crippen molar-refractivity contribution in [3.63, 3.8) is 0 Å². The number of sulfonamides is 1. The number of carbonyl (C=O) groups is 1. The molecule has 1 N–H and O–H groups in total. The van der Waals surface area contributed by atoms with Gasteiger partial charge in [-0.1, -0.05) is 0 Å². The van der Waals surface area contributed by atoms with Gasteiger partial charge in [-0.3, -0.25) is 4.79 Å². The number of anilines is 1. The molecule has 11 nitrogen and oxygen atoms in total. The number of carbonyl (C=O) groups excluding carboxylic acids is 1. The third-order valence-electron chi connectivity index (χ3n) is 9.17. The van der Waals surface area contributed by atoms with Crippen LogP contribution in [0.4, 0.5) is 10.2 Å². The first-order valence-corrected chi connectivity index (χ1v) is 17.1. The summed E-state index contributed by atoms with van der Waals surface area (Å²) in [6, 6.07) is 3.93. The fourth-order valence-corrected chi connectivity index (χ4v) is 7.78. The van der Waals surface area contributed by atoms with E-state index in [0.717, 1.165) is 64.8 Å². The highest BCUT2D eigenvalue weighted by atomic mass is 32.2. The largest absolute Gasteiger partial charge is 0.434 e. The maximum atomic E-state index is 14.2. The van der Waals surface area contributed by atoms with E-state index in [0.29, 0.717) is 23.7 Å². The molecule has 1 saturated carbocycles. The smallest absolute Gasteiger partial charge is 0.282 e. The van der Waals surface area contributed by atoms with Crippen molar-refractivity contribution < 1.29 is 22.3 Å². The zero-order chi connectivity index (χ0) is 30.8. The third-order valence-corrected chi connectivity index (χ3v) is 10.6. The number of ether oxygens (including phenoxy) is 1. The van der Waals surface area contributed by atoms with Gasteiger partial charge in [-0.2, -0.15) is 0 Å². The van der Waals surface area contributed by atoms with Gasteiger partial charge in [-0.05, 0) is 89.3 Å². The van der Waals surface area contributed by atoms with Crippen molar-refractivity contribution >= 4 is 21.7 Å². The number of benzene rings is 1. The Kier molecular flexibility index (Phi) is 9.52. The number of likely N-dealkylation sites (tertiary alicyclic amines) is 1. The normalized spacial score (nSPS) is 20.9. The molecular formula is C30H44FN7O4S. The van der Waals surface area contributed by atoms with Gasteiger partial charge >= 0.3 is 0 Å². The van der Waals surface area contributed by atoms with Gasteiger partial charge in [-0.25, -0.2) is 22.5 Å². The molecule has 5 rings (SSSR count). The van der Waals surface area contributed by atoms with Gasteiger partial charge in [0.2, 0.25) is 10.0 Å². The summed E-state index contributed by atoms with van der Waals surface area (Å²) in [4.78, 5) is 24.1. The first-order chi connectivity index (χ1) is 20.5. The standard InChI is InChI=1S/C30H44FN7O4S/c1-5-38(21(3)4)29(39)25-15-23(31)7-8-26(25)42-28-27(32-20-33-34-28)37-14-11-22(17-37)16-36-18-30(19-36)12-9-24(10-13-30)35-43(40,41)6-2/h7-8,15,20-22,24,35H,5-6,9-14,16-19H2,1-4H3/t22-/m0/s1. The van der Waals surface area contributed by atoms with Crippen molar-refractivity contribution in [3.05, 3.63) is 35.9 Å². The van der Waals surface area contributed by atoms with E-state index in [9.17, 15) is 17.6 Å². The van der Waals surface area contributed by atoms with E-state index in [2.05, 4.69) is 29.7 Å². The molecule has 2 aliphatic heterocycles. The predicted octanol–water partition coefficient (Wildman–Crippen LogP) is 3.68. The van der Waals surface area contributed by atoms with E-state index in [1.165, 1.54) is 24.5 Å². The number of halogens is 1. The Balaban J connectivity index is 1.18. The van der Waals surface area contributed by atoms with Crippen molar-refractivity contribution in [2.24, 2.45) is 11.3 Å². The Labute approximate surface area is 254 Å². The van der Waals surface area contributed by atoms with Crippen molar-refractivity contribution in [1.29, 1.82) is 0 Å². The molecule has 43 heavy (non-hydrogen) atoms. The molecular weight excluding hydrogens is 573 g/mol. The minimum atomic E-state index is -3.16. The Bertz CT molecular complexity index is 1390. The second-order valence-corrected chi connectivity index (χ2v) is 14.6. The molecule has 1 aromatic heterocycles. The number of rotatable bonds is 11. The Morgan fingerprint density at radius 3 is 2.63 bits per heavy atom. The lowest BCUT2D eigenvalue weighted by Crippen LogP contribution is -2.59. The average molecular weight is 618 g/mol. The summed E-state index contributed by atoms with van der Waals surface area (Å²) in [5, 5.41) is 8.12. The number of hydrogen-bond donors (Lipinski definition) is 1. The maximum Gasteiger partial charge on any atom is 0.282 e. The third kappa shape index (κ3) is 7.26. The van der Waals surface area contributed by atoms with Gasteiger partial charge < -0.3 is 19.4 Å². The molecule has 1 atom stereocenters. The lowest BCUT2D eigenvalue weighted by molar-refractivity contribution is -0.0386. The van der Waals surface area contributed by atoms with Gasteiger partial charge in [0.1, 0.15) is 17.9 Å². The molecule has 0 bridgehead atoms. The fourth-order valence-electron chi connectivity index (χ4n) is 6.87. The number of amides is 1. The molecule has 1 aromatic carbocycles. The van der Waals surface area contributed by atoms with Gasteiger partial charge in [0.05, 0.1) is 11.3 Å². The molecule has 2 saturated heterocycles. The zero-order valence-corrected chi connectivity index (χ0v) is 26.4. The second kappa shape index (κ2) is 13.0. The van der Waals surface area contributed by atoms with Crippen LogP contribution in [0.15, 0.2) is 24.5 Å². The number of nitrogens with one attached hydrogen (secondary N) is 1. The quantitative estimate of drug-likeness (QED) is 0.403. The topological polar surface area (TPSA) is 121 Å². The lowest BCUT2D eigenvalue weighted by Gasteiger charge is -2.54. The monoisotopic (exact) mass is 617 g/mol. The Morgan fingerprint density at radius 2 is 1.95 bits per heavy atom. The minimum absolute atomic E-state index is 0.0539. The van der Waals surface area contributed by atoms with Crippen LogP contribution in [0.2, 0.25) is 0 Å². The summed E-state index contributed by atoms with van der Waals surface area (Å²) >= 11 is 0. The van der Waals surface area contributed by atoms with E-state index in [1.807, 2.05) is 20.8 Å². The average Bonchev–Trinajstić information content (AvgIpc) is 3.43. The highest BCUT2D eigenvalue weighted by molar-refractivity contribution is 7.89. The number of nitrogens with zero attached hydrogens (tertiary/aromatic N) is 6. The molecule has 1 amide bonds. The van der Waals surface area contributed by atoms with Gasteiger partial charge in [-0.15, -0.1) is 10.2 Å². The van der Waals surface area contributed by atoms with E-state index < -0.39 is 15.8 Å². The Hall–Kier alpha value is -2.90. The van der Waals surface area contributed by atoms with Crippen molar-refractivity contribution in [3.8, 4) is 11.6 Å². The van der Waals surface area contributed by atoms with Crippen LogP contribution in [0, 0.1) is 17.2 Å². The van der Waals surface area contributed by atoms with Crippen molar-refractivity contribution in [1.82, 2.24) is 29.7 Å². The van der Waals surface area contributed by atoms with Crippen LogP contribution in [0.1, 0.15) is 70.2 Å². The van der Waals surface area contributed by atoms with Crippen LogP contribution in [0.25, 0.3) is 0 Å². The van der Waals surface area contributed by atoms with Gasteiger partial charge in [0, 0.05) is 51.4 Å². The molecule has 1 spiro atoms. The molecule has 236 valence electrons. The SMILES string of the molecule is CCN(C(=O)c1cc(F)ccc1Oc1nncnc1N1CC[C@@H](CN2CC3(CCC(NS(=O)(=O)CC)CC3)C2)C1)C(C)C. The second-order valence-electron chi connectivity index (χ2n) is 12.6. The molecule has 3 fully saturated rings. The van der Waals surface area contributed by atoms with Crippen molar-refractivity contribution in [2.45, 2.75) is 71.9 Å². The summed E-state index contributed by atoms with van der Waals surface area (Å²) in [7, 11) is -3.16. The van der Waals surface area contributed by atoms with E-state index in [-0.39, 0.29) is 40.9 Å². The lowest BCUT2D eigenvalue weighted by atomic mass is 9.67. The first-order valence-electron chi connectivity index (χ1n) is 15.4. The number of aromatic nitrogens is 3. The maximum absolute atomic E-state index is 14.2.